The summed E-state index contributed by atoms with van der Waals surface area (Å²) in [6.45, 7) is 5.14. The van der Waals surface area contributed by atoms with Gasteiger partial charge in [-0.15, -0.1) is 12.4 Å². The van der Waals surface area contributed by atoms with Crippen molar-refractivity contribution >= 4 is 47.0 Å². The number of phenolic OH excluding ortho intramolecular Hbond substituents is 2. The SMILES string of the molecule is Cl.OCCN(Cc1ccccc1)C[C@H](Nc1ccc(O)cc1Cl)c1ccc(F)cc1.Oc1ccc(N[C@@H](CN(CCOC2CCCCO2)Cc2ccccc2)c2ccc(F)cc2)c(Cl)c1. The van der Waals surface area contributed by atoms with Gasteiger partial charge in [0.05, 0.1) is 46.7 Å². The molecule has 1 heterocycles. The molecule has 1 aliphatic rings. The third-order valence-electron chi connectivity index (χ3n) is 10.8. The van der Waals surface area contributed by atoms with Crippen LogP contribution in [-0.2, 0) is 22.6 Å². The minimum atomic E-state index is -0.299. The number of benzene rings is 6. The topological polar surface area (TPSA) is 110 Å². The summed E-state index contributed by atoms with van der Waals surface area (Å²) in [7, 11) is 0. The van der Waals surface area contributed by atoms with Crippen molar-refractivity contribution in [3.05, 3.63) is 190 Å². The molecular formula is C51H57Cl3F2N4O5. The number of rotatable bonds is 20. The molecule has 1 saturated heterocycles. The fraction of sp³-hybridized carbons (Fsp3) is 0.294. The molecule has 0 saturated carbocycles. The van der Waals surface area contributed by atoms with Gasteiger partial charge in [0.15, 0.2) is 6.29 Å². The summed E-state index contributed by atoms with van der Waals surface area (Å²) in [4.78, 5) is 4.44. The number of nitrogens with one attached hydrogen (secondary N) is 2. The highest BCUT2D eigenvalue weighted by Crippen LogP contribution is 2.32. The van der Waals surface area contributed by atoms with Gasteiger partial charge in [-0.2, -0.15) is 0 Å². The van der Waals surface area contributed by atoms with E-state index in [1.165, 1.54) is 42.0 Å². The first-order valence-corrected chi connectivity index (χ1v) is 22.2. The monoisotopic (exact) mass is 948 g/mol. The molecule has 0 aliphatic carbocycles. The van der Waals surface area contributed by atoms with E-state index in [0.717, 1.165) is 49.1 Å². The Balaban J connectivity index is 0.000000245. The maximum absolute atomic E-state index is 13.7. The maximum Gasteiger partial charge on any atom is 0.157 e. The van der Waals surface area contributed by atoms with Crippen molar-refractivity contribution in [2.45, 2.75) is 50.7 Å². The van der Waals surface area contributed by atoms with E-state index in [2.05, 4.69) is 32.6 Å². The number of halogens is 5. The van der Waals surface area contributed by atoms with Gasteiger partial charge in [0.25, 0.3) is 0 Å². The molecule has 1 aliphatic heterocycles. The van der Waals surface area contributed by atoms with Crippen LogP contribution in [0.4, 0.5) is 20.2 Å². The van der Waals surface area contributed by atoms with Gasteiger partial charge in [-0.25, -0.2) is 8.78 Å². The van der Waals surface area contributed by atoms with Crippen molar-refractivity contribution in [1.82, 2.24) is 9.80 Å². The lowest BCUT2D eigenvalue weighted by atomic mass is 10.0. The first kappa shape index (κ1) is 51.0. The van der Waals surface area contributed by atoms with Gasteiger partial charge in [-0.05, 0) is 90.0 Å². The van der Waals surface area contributed by atoms with Crippen LogP contribution in [0, 0.1) is 11.6 Å². The average Bonchev–Trinajstić information content (AvgIpc) is 3.29. The third kappa shape index (κ3) is 17.1. The molecule has 1 fully saturated rings. The number of ether oxygens (including phenoxy) is 2. The zero-order valence-electron chi connectivity index (χ0n) is 36.0. The predicted molar refractivity (Wildman–Crippen MR) is 259 cm³/mol. The largest absolute Gasteiger partial charge is 0.508 e. The Hall–Kier alpha value is -4.95. The zero-order valence-corrected chi connectivity index (χ0v) is 38.4. The molecular weight excluding hydrogens is 893 g/mol. The fourth-order valence-corrected chi connectivity index (χ4v) is 7.90. The second-order valence-electron chi connectivity index (χ2n) is 15.7. The molecule has 1 unspecified atom stereocenters. The summed E-state index contributed by atoms with van der Waals surface area (Å²) in [6, 6.07) is 42.4. The second kappa shape index (κ2) is 26.9. The highest BCUT2D eigenvalue weighted by molar-refractivity contribution is 6.33. The van der Waals surface area contributed by atoms with E-state index in [4.69, 9.17) is 32.7 Å². The highest BCUT2D eigenvalue weighted by atomic mass is 35.5. The smallest absolute Gasteiger partial charge is 0.157 e. The lowest BCUT2D eigenvalue weighted by Crippen LogP contribution is -2.35. The highest BCUT2D eigenvalue weighted by Gasteiger charge is 2.21. The lowest BCUT2D eigenvalue weighted by molar-refractivity contribution is -0.164. The van der Waals surface area contributed by atoms with E-state index in [1.807, 2.05) is 48.5 Å². The van der Waals surface area contributed by atoms with E-state index >= 15 is 0 Å². The van der Waals surface area contributed by atoms with Crippen molar-refractivity contribution < 1.29 is 33.6 Å². The molecule has 5 N–H and O–H groups in total. The number of aliphatic hydroxyl groups excluding tert-OH is 1. The van der Waals surface area contributed by atoms with Crippen LogP contribution in [0.25, 0.3) is 0 Å². The average molecular weight is 950 g/mol. The number of anilines is 2. The number of hydrogen-bond acceptors (Lipinski definition) is 9. The van der Waals surface area contributed by atoms with Crippen molar-refractivity contribution in [3.8, 4) is 11.5 Å². The number of aliphatic hydroxyl groups is 1. The van der Waals surface area contributed by atoms with E-state index < -0.39 is 0 Å². The summed E-state index contributed by atoms with van der Waals surface area (Å²) in [6.07, 6.45) is 3.01. The molecule has 0 aromatic heterocycles. The van der Waals surface area contributed by atoms with Crippen molar-refractivity contribution in [2.24, 2.45) is 0 Å². The van der Waals surface area contributed by atoms with Crippen LogP contribution < -0.4 is 10.6 Å². The molecule has 0 bridgehead atoms. The molecule has 0 amide bonds. The molecule has 0 spiro atoms. The van der Waals surface area contributed by atoms with Gasteiger partial charge in [0.2, 0.25) is 0 Å². The van der Waals surface area contributed by atoms with Gasteiger partial charge < -0.3 is 35.4 Å². The standard InChI is InChI=1S/C28H32ClFN2O3.C23H24ClFN2O2.ClH/c29-25-18-24(33)13-14-26(25)31-27(22-9-11-23(30)12-10-22)20-32(19-21-6-2-1-3-7-21)15-17-35-28-8-4-5-16-34-28;24-21-14-20(29)10-11-22(21)26-23(18-6-8-19(25)9-7-18)16-27(12-13-28)15-17-4-2-1-3-5-17;/h1-3,6-7,9-14,18,27-28,31,33H,4-5,8,15-17,19-20H2;1-11,14,23,26,28-29H,12-13,15-16H2;1H/t27-,28?;23-;/m00./s1. The van der Waals surface area contributed by atoms with Crippen molar-refractivity contribution in [3.63, 3.8) is 0 Å². The van der Waals surface area contributed by atoms with E-state index in [9.17, 15) is 24.1 Å². The van der Waals surface area contributed by atoms with Crippen LogP contribution in [-0.4, -0.2) is 77.4 Å². The predicted octanol–water partition coefficient (Wildman–Crippen LogP) is 11.6. The lowest BCUT2D eigenvalue weighted by Gasteiger charge is -2.30. The Bertz CT molecular complexity index is 2280. The summed E-state index contributed by atoms with van der Waals surface area (Å²) in [5.74, 6) is -0.389. The number of phenols is 2. The van der Waals surface area contributed by atoms with Gasteiger partial charge in [-0.1, -0.05) is 108 Å². The maximum atomic E-state index is 13.7. The molecule has 346 valence electrons. The minimum absolute atomic E-state index is 0. The molecule has 9 nitrogen and oxygen atoms in total. The van der Waals surface area contributed by atoms with Crippen LogP contribution in [0.15, 0.2) is 146 Å². The fourth-order valence-electron chi connectivity index (χ4n) is 7.44. The third-order valence-corrected chi connectivity index (χ3v) is 11.4. The van der Waals surface area contributed by atoms with Gasteiger partial charge in [-0.3, -0.25) is 9.80 Å². The van der Waals surface area contributed by atoms with Crippen LogP contribution >= 0.6 is 35.6 Å². The van der Waals surface area contributed by atoms with Crippen LogP contribution in [0.5, 0.6) is 11.5 Å². The van der Waals surface area contributed by atoms with Gasteiger partial charge >= 0.3 is 0 Å². The summed E-state index contributed by atoms with van der Waals surface area (Å²) >= 11 is 12.7. The van der Waals surface area contributed by atoms with Crippen LogP contribution in [0.3, 0.4) is 0 Å². The molecule has 6 aromatic carbocycles. The number of hydrogen-bond donors (Lipinski definition) is 5. The molecule has 7 rings (SSSR count). The first-order chi connectivity index (χ1) is 31.1. The Kier molecular flexibility index (Phi) is 21.1. The van der Waals surface area contributed by atoms with Gasteiger partial charge in [0, 0.05) is 58.0 Å². The van der Waals surface area contributed by atoms with E-state index in [0.29, 0.717) is 60.8 Å². The van der Waals surface area contributed by atoms with Crippen LogP contribution in [0.2, 0.25) is 10.0 Å². The van der Waals surface area contributed by atoms with Crippen LogP contribution in [0.1, 0.15) is 53.6 Å². The quantitative estimate of drug-likeness (QED) is 0.0478. The second-order valence-corrected chi connectivity index (χ2v) is 16.5. The molecule has 14 heteroatoms. The Morgan fingerprint density at radius 2 is 1.09 bits per heavy atom. The Morgan fingerprint density at radius 3 is 1.51 bits per heavy atom. The Labute approximate surface area is 397 Å². The molecule has 0 radical (unpaired) electrons. The number of aromatic hydroxyl groups is 2. The van der Waals surface area contributed by atoms with Crippen molar-refractivity contribution in [1.29, 1.82) is 0 Å². The minimum Gasteiger partial charge on any atom is -0.508 e. The number of nitrogens with zero attached hydrogens (tertiary/aromatic N) is 2. The van der Waals surface area contributed by atoms with Gasteiger partial charge in [0.1, 0.15) is 23.1 Å². The van der Waals surface area contributed by atoms with E-state index in [1.54, 1.807) is 48.5 Å². The molecule has 6 aromatic rings. The molecule has 65 heavy (non-hydrogen) atoms. The Morgan fingerprint density at radius 1 is 0.631 bits per heavy atom. The molecule has 3 atom stereocenters. The normalized spacial score (nSPS) is 14.5. The summed E-state index contributed by atoms with van der Waals surface area (Å²) in [5, 5.41) is 36.6. The first-order valence-electron chi connectivity index (χ1n) is 21.5. The van der Waals surface area contributed by atoms with E-state index in [-0.39, 0.29) is 60.5 Å². The zero-order chi connectivity index (χ0) is 45.1. The summed E-state index contributed by atoms with van der Waals surface area (Å²) < 4.78 is 38.9. The van der Waals surface area contributed by atoms with Crippen molar-refractivity contribution in [2.75, 3.05) is 56.6 Å². The summed E-state index contributed by atoms with van der Waals surface area (Å²) in [5.41, 5.74) is 5.54.